The molecule has 1 heterocycles. The standard InChI is InChI=1S/C25H35FN4O7/c1-16(32)30(21-10-11-27-24(21)34)25(35)29(28(2)12-13-31)15-23(37-19-7-5-18(33)6-8-19)20-14-17(26)4-9-22(20)36-3/h4,9,12-14,18-19,21,23,31,33H,5-8,10-11,15H2,1-3H3,(H,27,34)/b13-12-/t18?,19?,21-,23-/m0/s1. The highest BCUT2D eigenvalue weighted by Gasteiger charge is 2.40. The topological polar surface area (TPSA) is 132 Å². The van der Waals surface area contributed by atoms with E-state index < -0.39 is 41.9 Å². The van der Waals surface area contributed by atoms with Crippen molar-refractivity contribution in [3.05, 3.63) is 42.0 Å². The molecule has 1 saturated carbocycles. The van der Waals surface area contributed by atoms with Gasteiger partial charge in [0.1, 0.15) is 23.7 Å². The highest BCUT2D eigenvalue weighted by molar-refractivity contribution is 5.99. The van der Waals surface area contributed by atoms with E-state index in [1.807, 2.05) is 0 Å². The number of hydrazine groups is 1. The predicted molar refractivity (Wildman–Crippen MR) is 131 cm³/mol. The van der Waals surface area contributed by atoms with E-state index in [2.05, 4.69) is 5.32 Å². The molecule has 1 aliphatic carbocycles. The third kappa shape index (κ3) is 6.89. The van der Waals surface area contributed by atoms with E-state index in [0.717, 1.165) is 16.2 Å². The molecule has 204 valence electrons. The maximum Gasteiger partial charge on any atom is 0.346 e. The second-order valence-corrected chi connectivity index (χ2v) is 9.16. The smallest absolute Gasteiger partial charge is 0.346 e. The molecular formula is C25H35FN4O7. The average molecular weight is 523 g/mol. The van der Waals surface area contributed by atoms with Gasteiger partial charge >= 0.3 is 6.03 Å². The molecule has 1 aliphatic heterocycles. The molecule has 0 aromatic heterocycles. The van der Waals surface area contributed by atoms with E-state index in [0.29, 0.717) is 43.5 Å². The van der Waals surface area contributed by atoms with Gasteiger partial charge in [-0.2, -0.15) is 0 Å². The largest absolute Gasteiger partial charge is 0.514 e. The van der Waals surface area contributed by atoms with Crippen LogP contribution in [0.3, 0.4) is 0 Å². The average Bonchev–Trinajstić information content (AvgIpc) is 3.27. The van der Waals surface area contributed by atoms with Gasteiger partial charge in [-0.1, -0.05) is 0 Å². The van der Waals surface area contributed by atoms with Gasteiger partial charge in [-0.3, -0.25) is 19.5 Å². The van der Waals surface area contributed by atoms with Crippen molar-refractivity contribution in [1.82, 2.24) is 20.2 Å². The van der Waals surface area contributed by atoms with Crippen molar-refractivity contribution >= 4 is 17.8 Å². The number of urea groups is 1. The Kier molecular flexibility index (Phi) is 9.70. The summed E-state index contributed by atoms with van der Waals surface area (Å²) in [6, 6.07) is 2.18. The second-order valence-electron chi connectivity index (χ2n) is 9.16. The van der Waals surface area contributed by atoms with E-state index in [1.54, 1.807) is 0 Å². The zero-order valence-electron chi connectivity index (χ0n) is 21.3. The number of aliphatic hydroxyl groups is 2. The SMILES string of the molecule is COc1ccc(F)cc1[C@H](CN(C(=O)N(C(C)=O)[C@H]1CCNC1=O)N(C)/C=C\O)OC1CCC(O)CC1. The van der Waals surface area contributed by atoms with E-state index in [1.165, 1.54) is 50.5 Å². The minimum Gasteiger partial charge on any atom is -0.514 e. The molecule has 0 bridgehead atoms. The Bertz CT molecular complexity index is 999. The van der Waals surface area contributed by atoms with E-state index in [9.17, 15) is 29.0 Å². The second kappa shape index (κ2) is 12.7. The summed E-state index contributed by atoms with van der Waals surface area (Å²) in [5.74, 6) is -1.25. The van der Waals surface area contributed by atoms with Gasteiger partial charge in [-0.15, -0.1) is 0 Å². The molecular weight excluding hydrogens is 487 g/mol. The minimum atomic E-state index is -0.984. The van der Waals surface area contributed by atoms with Gasteiger partial charge in [0.05, 0.1) is 38.3 Å². The van der Waals surface area contributed by atoms with Crippen LogP contribution < -0.4 is 10.1 Å². The molecule has 0 spiro atoms. The lowest BCUT2D eigenvalue weighted by atomic mass is 9.94. The zero-order valence-corrected chi connectivity index (χ0v) is 21.3. The lowest BCUT2D eigenvalue weighted by molar-refractivity contribution is -0.136. The number of methoxy groups -OCH3 is 1. The van der Waals surface area contributed by atoms with Crippen LogP contribution in [0.1, 0.15) is 50.7 Å². The predicted octanol–water partition coefficient (Wildman–Crippen LogP) is 2.23. The molecule has 3 rings (SSSR count). The number of hydrogen-bond acceptors (Lipinski definition) is 8. The van der Waals surface area contributed by atoms with Crippen LogP contribution in [0.2, 0.25) is 0 Å². The highest BCUT2D eigenvalue weighted by atomic mass is 19.1. The number of benzene rings is 1. The fraction of sp³-hybridized carbons (Fsp3) is 0.560. The highest BCUT2D eigenvalue weighted by Crippen LogP contribution is 2.34. The Labute approximate surface area is 215 Å². The van der Waals surface area contributed by atoms with Crippen LogP contribution in [0.4, 0.5) is 9.18 Å². The number of nitrogens with one attached hydrogen (secondary N) is 1. The number of carbonyl (C=O) groups is 3. The fourth-order valence-corrected chi connectivity index (χ4v) is 4.70. The maximum atomic E-state index is 14.4. The van der Waals surface area contributed by atoms with Crippen LogP contribution in [-0.2, 0) is 14.3 Å². The summed E-state index contributed by atoms with van der Waals surface area (Å²) < 4.78 is 26.2. The van der Waals surface area contributed by atoms with Crippen molar-refractivity contribution < 1.29 is 38.5 Å². The Morgan fingerprint density at radius 2 is 1.95 bits per heavy atom. The number of rotatable bonds is 9. The van der Waals surface area contributed by atoms with Crippen LogP contribution in [-0.4, -0.2) is 88.5 Å². The first kappa shape index (κ1) is 28.2. The molecule has 4 amide bonds. The Balaban J connectivity index is 1.99. The molecule has 37 heavy (non-hydrogen) atoms. The van der Waals surface area contributed by atoms with Gasteiger partial charge in [0.2, 0.25) is 11.8 Å². The van der Waals surface area contributed by atoms with Crippen LogP contribution in [0, 0.1) is 5.82 Å². The van der Waals surface area contributed by atoms with Gasteiger partial charge in [-0.25, -0.2) is 14.2 Å². The molecule has 2 atom stereocenters. The van der Waals surface area contributed by atoms with Crippen molar-refractivity contribution in [2.45, 2.75) is 63.4 Å². The Morgan fingerprint density at radius 1 is 1.24 bits per heavy atom. The molecule has 0 radical (unpaired) electrons. The fourth-order valence-electron chi connectivity index (χ4n) is 4.70. The number of hydrogen-bond donors (Lipinski definition) is 3. The molecule has 0 unspecified atom stereocenters. The summed E-state index contributed by atoms with van der Waals surface area (Å²) in [6.07, 6.45) is 2.81. The monoisotopic (exact) mass is 522 g/mol. The summed E-state index contributed by atoms with van der Waals surface area (Å²) >= 11 is 0. The van der Waals surface area contributed by atoms with Crippen molar-refractivity contribution in [2.75, 3.05) is 27.2 Å². The first-order valence-corrected chi connectivity index (χ1v) is 12.3. The number of amides is 4. The van der Waals surface area contributed by atoms with Crippen molar-refractivity contribution in [3.8, 4) is 5.75 Å². The summed E-state index contributed by atoms with van der Waals surface area (Å²) in [7, 11) is 2.92. The minimum absolute atomic E-state index is 0.198. The Morgan fingerprint density at radius 3 is 2.51 bits per heavy atom. The maximum absolute atomic E-state index is 14.4. The lowest BCUT2D eigenvalue weighted by Gasteiger charge is -2.39. The molecule has 1 saturated heterocycles. The van der Waals surface area contributed by atoms with Crippen molar-refractivity contribution in [2.24, 2.45) is 0 Å². The van der Waals surface area contributed by atoms with Crippen LogP contribution in [0.25, 0.3) is 0 Å². The molecule has 1 aromatic carbocycles. The normalized spacial score (nSPS) is 22.4. The first-order valence-electron chi connectivity index (χ1n) is 12.3. The Hall–Kier alpha value is -3.38. The van der Waals surface area contributed by atoms with Gasteiger partial charge < -0.3 is 25.0 Å². The molecule has 11 nitrogen and oxygen atoms in total. The molecule has 1 aromatic rings. The quantitative estimate of drug-likeness (QED) is 0.332. The van der Waals surface area contributed by atoms with Crippen molar-refractivity contribution in [1.29, 1.82) is 0 Å². The van der Waals surface area contributed by atoms with E-state index in [4.69, 9.17) is 9.47 Å². The number of aliphatic hydroxyl groups excluding tert-OH is 2. The number of nitrogens with zero attached hydrogens (tertiary/aromatic N) is 3. The number of imide groups is 1. The van der Waals surface area contributed by atoms with E-state index in [-0.39, 0.29) is 19.1 Å². The zero-order chi connectivity index (χ0) is 27.1. The third-order valence-corrected chi connectivity index (χ3v) is 6.64. The van der Waals surface area contributed by atoms with Crippen LogP contribution >= 0.6 is 0 Å². The van der Waals surface area contributed by atoms with Crippen molar-refractivity contribution in [3.63, 3.8) is 0 Å². The number of halogens is 1. The lowest BCUT2D eigenvalue weighted by Crippen LogP contribution is -2.56. The van der Waals surface area contributed by atoms with Crippen LogP contribution in [0.5, 0.6) is 5.75 Å². The molecule has 12 heteroatoms. The summed E-state index contributed by atoms with van der Waals surface area (Å²) in [4.78, 5) is 39.5. The molecule has 2 aliphatic rings. The van der Waals surface area contributed by atoms with Gasteiger partial charge in [0.15, 0.2) is 0 Å². The first-order chi connectivity index (χ1) is 17.7. The van der Waals surface area contributed by atoms with Gasteiger partial charge in [-0.05, 0) is 50.3 Å². The number of ether oxygens (including phenoxy) is 2. The van der Waals surface area contributed by atoms with E-state index >= 15 is 0 Å². The molecule has 2 fully saturated rings. The number of carbonyl (C=O) groups excluding carboxylic acids is 3. The summed E-state index contributed by atoms with van der Waals surface area (Å²) in [6.45, 7) is 1.32. The molecule has 3 N–H and O–H groups in total. The van der Waals surface area contributed by atoms with Gasteiger partial charge in [0, 0.05) is 26.1 Å². The van der Waals surface area contributed by atoms with Gasteiger partial charge in [0.25, 0.3) is 0 Å². The summed E-state index contributed by atoms with van der Waals surface area (Å²) in [5, 5.41) is 24.3. The third-order valence-electron chi connectivity index (χ3n) is 6.64. The van der Waals surface area contributed by atoms with Crippen LogP contribution in [0.15, 0.2) is 30.7 Å². The summed E-state index contributed by atoms with van der Waals surface area (Å²) in [5.41, 5.74) is 0.348.